The SMILES string of the molecule is CCOCCCNC(=O)C(c1ccc(C)cc1)N(Cc1cccs1)C(=O)C1CCC(=O)N1. The monoisotopic (exact) mass is 457 g/mol. The van der Waals surface area contributed by atoms with Crippen molar-refractivity contribution >= 4 is 29.1 Å². The normalized spacial score (nSPS) is 16.4. The number of hydrogen-bond donors (Lipinski definition) is 2. The van der Waals surface area contributed by atoms with Crippen molar-refractivity contribution in [2.45, 2.75) is 51.7 Å². The molecule has 1 aliphatic heterocycles. The van der Waals surface area contributed by atoms with Crippen molar-refractivity contribution < 1.29 is 19.1 Å². The van der Waals surface area contributed by atoms with Gasteiger partial charge in [0.2, 0.25) is 17.7 Å². The topological polar surface area (TPSA) is 87.7 Å². The lowest BCUT2D eigenvalue weighted by molar-refractivity contribution is -0.143. The Kier molecular flexibility index (Phi) is 8.81. The minimum Gasteiger partial charge on any atom is -0.382 e. The van der Waals surface area contributed by atoms with E-state index in [9.17, 15) is 14.4 Å². The average Bonchev–Trinajstić information content (AvgIpc) is 3.45. The number of carbonyl (C=O) groups is 3. The van der Waals surface area contributed by atoms with E-state index in [1.807, 2.05) is 55.6 Å². The zero-order valence-electron chi connectivity index (χ0n) is 18.6. The molecule has 3 rings (SSSR count). The first-order valence-corrected chi connectivity index (χ1v) is 11.9. The summed E-state index contributed by atoms with van der Waals surface area (Å²) in [5.74, 6) is -0.606. The van der Waals surface area contributed by atoms with E-state index >= 15 is 0 Å². The van der Waals surface area contributed by atoms with Gasteiger partial charge in [0.1, 0.15) is 12.1 Å². The Bertz CT molecular complexity index is 898. The molecule has 2 N–H and O–H groups in total. The standard InChI is InChI=1S/C24H31N3O4S/c1-3-31-14-5-13-25-23(29)22(18-9-7-17(2)8-10-18)27(16-19-6-4-15-32-19)24(30)20-11-12-21(28)26-20/h4,6-10,15,20,22H,3,5,11-14,16H2,1-2H3,(H,25,29)(H,26,28). The fraction of sp³-hybridized carbons (Fsp3) is 0.458. The molecule has 1 fully saturated rings. The molecular weight excluding hydrogens is 426 g/mol. The Hall–Kier alpha value is -2.71. The van der Waals surface area contributed by atoms with Gasteiger partial charge in [-0.1, -0.05) is 35.9 Å². The van der Waals surface area contributed by atoms with Crippen molar-refractivity contribution in [1.82, 2.24) is 15.5 Å². The molecule has 172 valence electrons. The van der Waals surface area contributed by atoms with E-state index in [-0.39, 0.29) is 17.7 Å². The predicted octanol–water partition coefficient (Wildman–Crippen LogP) is 2.95. The summed E-state index contributed by atoms with van der Waals surface area (Å²) in [5, 5.41) is 7.68. The first-order chi connectivity index (χ1) is 15.5. The van der Waals surface area contributed by atoms with Gasteiger partial charge in [-0.15, -0.1) is 11.3 Å². The first kappa shape index (κ1) is 23.9. The zero-order valence-corrected chi connectivity index (χ0v) is 19.5. The van der Waals surface area contributed by atoms with Gasteiger partial charge in [0.15, 0.2) is 0 Å². The smallest absolute Gasteiger partial charge is 0.247 e. The summed E-state index contributed by atoms with van der Waals surface area (Å²) in [7, 11) is 0. The number of aryl methyl sites for hydroxylation is 1. The maximum Gasteiger partial charge on any atom is 0.247 e. The molecule has 0 saturated carbocycles. The van der Waals surface area contributed by atoms with Crippen LogP contribution in [0.15, 0.2) is 41.8 Å². The van der Waals surface area contributed by atoms with E-state index < -0.39 is 12.1 Å². The molecule has 3 amide bonds. The third-order valence-electron chi connectivity index (χ3n) is 5.40. The van der Waals surface area contributed by atoms with E-state index in [1.165, 1.54) is 11.3 Å². The molecule has 2 unspecified atom stereocenters. The molecule has 1 saturated heterocycles. The van der Waals surface area contributed by atoms with Crippen LogP contribution in [0.1, 0.15) is 48.2 Å². The van der Waals surface area contributed by atoms with Crippen LogP contribution in [0, 0.1) is 6.92 Å². The quantitative estimate of drug-likeness (QED) is 0.508. The van der Waals surface area contributed by atoms with E-state index in [0.717, 1.165) is 16.0 Å². The van der Waals surface area contributed by atoms with E-state index in [2.05, 4.69) is 10.6 Å². The van der Waals surface area contributed by atoms with Gasteiger partial charge < -0.3 is 20.3 Å². The molecule has 0 spiro atoms. The minimum absolute atomic E-state index is 0.133. The Balaban J connectivity index is 1.88. The average molecular weight is 458 g/mol. The van der Waals surface area contributed by atoms with Crippen LogP contribution in [0.25, 0.3) is 0 Å². The number of thiophene rings is 1. The lowest BCUT2D eigenvalue weighted by Gasteiger charge is -2.33. The van der Waals surface area contributed by atoms with Crippen LogP contribution in [0.4, 0.5) is 0 Å². The van der Waals surface area contributed by atoms with Gasteiger partial charge in [-0.2, -0.15) is 0 Å². The van der Waals surface area contributed by atoms with Gasteiger partial charge in [0.25, 0.3) is 0 Å². The van der Waals surface area contributed by atoms with E-state index in [0.29, 0.717) is 45.6 Å². The highest BCUT2D eigenvalue weighted by Gasteiger charge is 2.37. The number of hydrogen-bond acceptors (Lipinski definition) is 5. The lowest BCUT2D eigenvalue weighted by atomic mass is 10.0. The Labute approximate surface area is 193 Å². The Morgan fingerprint density at radius 1 is 1.28 bits per heavy atom. The number of benzene rings is 1. The fourth-order valence-corrected chi connectivity index (χ4v) is 4.42. The van der Waals surface area contributed by atoms with Crippen molar-refractivity contribution in [3.63, 3.8) is 0 Å². The largest absolute Gasteiger partial charge is 0.382 e. The molecule has 2 aromatic rings. The first-order valence-electron chi connectivity index (χ1n) is 11.0. The van der Waals surface area contributed by atoms with Crippen LogP contribution in [0.3, 0.4) is 0 Å². The summed E-state index contributed by atoms with van der Waals surface area (Å²) in [4.78, 5) is 41.3. The number of rotatable bonds is 11. The summed E-state index contributed by atoms with van der Waals surface area (Å²) in [5.41, 5.74) is 1.82. The second-order valence-corrected chi connectivity index (χ2v) is 8.89. The van der Waals surface area contributed by atoms with Gasteiger partial charge in [0, 0.05) is 31.1 Å². The molecule has 7 nitrogen and oxygen atoms in total. The van der Waals surface area contributed by atoms with E-state index in [4.69, 9.17) is 4.74 Å². The molecule has 0 radical (unpaired) electrons. The maximum atomic E-state index is 13.5. The molecule has 2 atom stereocenters. The highest BCUT2D eigenvalue weighted by molar-refractivity contribution is 7.09. The minimum atomic E-state index is -0.796. The van der Waals surface area contributed by atoms with Crippen LogP contribution in [-0.4, -0.2) is 48.4 Å². The predicted molar refractivity (Wildman–Crippen MR) is 124 cm³/mol. The number of nitrogens with one attached hydrogen (secondary N) is 2. The summed E-state index contributed by atoms with van der Waals surface area (Å²) in [6, 6.07) is 10.1. The van der Waals surface area contributed by atoms with Crippen molar-refractivity contribution in [1.29, 1.82) is 0 Å². The molecular formula is C24H31N3O4S. The number of carbonyl (C=O) groups excluding carboxylic acids is 3. The van der Waals surface area contributed by atoms with Gasteiger partial charge in [-0.25, -0.2) is 0 Å². The van der Waals surface area contributed by atoms with Gasteiger partial charge >= 0.3 is 0 Å². The summed E-state index contributed by atoms with van der Waals surface area (Å²) in [6.07, 6.45) is 1.45. The maximum absolute atomic E-state index is 13.5. The Morgan fingerprint density at radius 3 is 2.69 bits per heavy atom. The highest BCUT2D eigenvalue weighted by Crippen LogP contribution is 2.27. The lowest BCUT2D eigenvalue weighted by Crippen LogP contribution is -2.49. The van der Waals surface area contributed by atoms with Crippen molar-refractivity contribution in [3.05, 3.63) is 57.8 Å². The molecule has 8 heteroatoms. The van der Waals surface area contributed by atoms with Gasteiger partial charge in [-0.3, -0.25) is 14.4 Å². The second kappa shape index (κ2) is 11.8. The molecule has 1 aromatic heterocycles. The molecule has 1 aromatic carbocycles. The summed E-state index contributed by atoms with van der Waals surface area (Å²) in [6.45, 7) is 5.88. The highest BCUT2D eigenvalue weighted by atomic mass is 32.1. The summed E-state index contributed by atoms with van der Waals surface area (Å²) >= 11 is 1.54. The second-order valence-electron chi connectivity index (χ2n) is 7.86. The number of nitrogens with zero attached hydrogens (tertiary/aromatic N) is 1. The van der Waals surface area contributed by atoms with Crippen LogP contribution in [-0.2, 0) is 25.7 Å². The van der Waals surface area contributed by atoms with E-state index in [1.54, 1.807) is 4.90 Å². The zero-order chi connectivity index (χ0) is 22.9. The van der Waals surface area contributed by atoms with Crippen LogP contribution >= 0.6 is 11.3 Å². The molecule has 32 heavy (non-hydrogen) atoms. The molecule has 0 bridgehead atoms. The third kappa shape index (κ3) is 6.40. The summed E-state index contributed by atoms with van der Waals surface area (Å²) < 4.78 is 5.35. The van der Waals surface area contributed by atoms with Crippen molar-refractivity contribution in [3.8, 4) is 0 Å². The van der Waals surface area contributed by atoms with Crippen molar-refractivity contribution in [2.24, 2.45) is 0 Å². The van der Waals surface area contributed by atoms with Gasteiger partial charge in [-0.05, 0) is 43.7 Å². The molecule has 0 aliphatic carbocycles. The van der Waals surface area contributed by atoms with Gasteiger partial charge in [0.05, 0.1) is 6.54 Å². The third-order valence-corrected chi connectivity index (χ3v) is 6.27. The molecule has 1 aliphatic rings. The molecule has 2 heterocycles. The Morgan fingerprint density at radius 2 is 2.06 bits per heavy atom. The van der Waals surface area contributed by atoms with Crippen LogP contribution < -0.4 is 10.6 Å². The van der Waals surface area contributed by atoms with Crippen LogP contribution in [0.5, 0.6) is 0 Å². The number of ether oxygens (including phenoxy) is 1. The van der Waals surface area contributed by atoms with Crippen molar-refractivity contribution in [2.75, 3.05) is 19.8 Å². The van der Waals surface area contributed by atoms with Crippen LogP contribution in [0.2, 0.25) is 0 Å². The fourth-order valence-electron chi connectivity index (χ4n) is 3.71. The number of amides is 3.